The van der Waals surface area contributed by atoms with E-state index in [1.165, 1.54) is 12.6 Å². The Labute approximate surface area is 167 Å². The number of aromatic nitrogens is 3. The van der Waals surface area contributed by atoms with Crippen molar-refractivity contribution in [2.24, 2.45) is 18.1 Å². The fraction of sp³-hybridized carbons (Fsp3) is 0.300. The number of nitrogens with one attached hydrogen (secondary N) is 1. The van der Waals surface area contributed by atoms with Crippen LogP contribution in [0.15, 0.2) is 57.4 Å². The van der Waals surface area contributed by atoms with E-state index in [1.807, 2.05) is 35.9 Å². The first-order valence-corrected chi connectivity index (χ1v) is 10.1. The molecule has 0 unspecified atom stereocenters. The van der Waals surface area contributed by atoms with E-state index >= 15 is 0 Å². The highest BCUT2D eigenvalue weighted by Gasteiger charge is 2.36. The molecule has 8 heteroatoms. The van der Waals surface area contributed by atoms with E-state index in [4.69, 9.17) is 4.42 Å². The molecule has 2 heterocycles. The van der Waals surface area contributed by atoms with E-state index in [-0.39, 0.29) is 5.91 Å². The fourth-order valence-electron chi connectivity index (χ4n) is 2.88. The Morgan fingerprint density at radius 1 is 1.36 bits per heavy atom. The van der Waals surface area contributed by atoms with Crippen LogP contribution in [0, 0.1) is 5.92 Å². The maximum Gasteiger partial charge on any atom is 0.271 e. The smallest absolute Gasteiger partial charge is 0.271 e. The number of rotatable bonds is 7. The summed E-state index contributed by atoms with van der Waals surface area (Å²) in [6, 6.07) is 11.3. The van der Waals surface area contributed by atoms with Gasteiger partial charge in [-0.2, -0.15) is 5.10 Å². The first-order chi connectivity index (χ1) is 13.6. The van der Waals surface area contributed by atoms with Gasteiger partial charge in [-0.25, -0.2) is 5.43 Å². The average molecular weight is 395 g/mol. The molecule has 4 rings (SSSR count). The minimum atomic E-state index is -0.258. The van der Waals surface area contributed by atoms with E-state index in [2.05, 4.69) is 27.6 Å². The van der Waals surface area contributed by atoms with Crippen LogP contribution in [0.2, 0.25) is 0 Å². The Morgan fingerprint density at radius 3 is 2.82 bits per heavy atom. The van der Waals surface area contributed by atoms with Gasteiger partial charge in [0.2, 0.25) is 0 Å². The third-order valence-electron chi connectivity index (χ3n) is 4.73. The van der Waals surface area contributed by atoms with Gasteiger partial charge < -0.3 is 8.98 Å². The van der Waals surface area contributed by atoms with Crippen molar-refractivity contribution in [1.29, 1.82) is 0 Å². The maximum atomic E-state index is 12.2. The summed E-state index contributed by atoms with van der Waals surface area (Å²) >= 11 is 1.60. The second kappa shape index (κ2) is 8.02. The summed E-state index contributed by atoms with van der Waals surface area (Å²) in [5.74, 6) is 3.36. The molecule has 2 atom stereocenters. The molecule has 1 N–H and O–H groups in total. The van der Waals surface area contributed by atoms with Gasteiger partial charge >= 0.3 is 0 Å². The van der Waals surface area contributed by atoms with E-state index in [0.717, 1.165) is 22.2 Å². The zero-order chi connectivity index (χ0) is 19.5. The predicted octanol–water partition coefficient (Wildman–Crippen LogP) is 3.59. The molecule has 2 aromatic heterocycles. The normalized spacial score (nSPS) is 18.5. The molecule has 0 saturated heterocycles. The van der Waals surface area contributed by atoms with E-state index in [9.17, 15) is 4.79 Å². The Morgan fingerprint density at radius 2 is 2.14 bits per heavy atom. The Balaban J connectivity index is 1.28. The molecule has 28 heavy (non-hydrogen) atoms. The number of aryl methyl sites for hydroxylation is 1. The summed E-state index contributed by atoms with van der Waals surface area (Å²) in [4.78, 5) is 12.2. The van der Waals surface area contributed by atoms with Gasteiger partial charge in [-0.3, -0.25) is 4.79 Å². The van der Waals surface area contributed by atoms with Crippen LogP contribution in [-0.2, 0) is 12.8 Å². The number of thioether (sulfide) groups is 1. The quantitative estimate of drug-likeness (QED) is 0.375. The highest BCUT2D eigenvalue weighted by molar-refractivity contribution is 7.98. The molecule has 1 saturated carbocycles. The fourth-order valence-corrected chi connectivity index (χ4v) is 3.72. The lowest BCUT2D eigenvalue weighted by Gasteiger charge is -2.03. The molecule has 3 aromatic rings. The summed E-state index contributed by atoms with van der Waals surface area (Å²) in [5.41, 5.74) is 4.19. The third-order valence-corrected chi connectivity index (χ3v) is 5.84. The molecule has 1 aliphatic rings. The van der Waals surface area contributed by atoms with Gasteiger partial charge in [-0.15, -0.1) is 10.2 Å². The molecular weight excluding hydrogens is 374 g/mol. The molecule has 0 aliphatic heterocycles. The van der Waals surface area contributed by atoms with Gasteiger partial charge in [-0.05, 0) is 42.2 Å². The number of carbonyl (C=O) groups excluding carboxylic acids is 1. The van der Waals surface area contributed by atoms with Gasteiger partial charge in [0.1, 0.15) is 17.8 Å². The number of hydrazone groups is 1. The Kier molecular flexibility index (Phi) is 5.29. The zero-order valence-corrected chi connectivity index (χ0v) is 16.5. The van der Waals surface area contributed by atoms with E-state index in [1.54, 1.807) is 30.2 Å². The minimum Gasteiger partial charge on any atom is -0.460 e. The monoisotopic (exact) mass is 395 g/mol. The third kappa shape index (κ3) is 4.33. The van der Waals surface area contributed by atoms with Crippen LogP contribution in [0.5, 0.6) is 0 Å². The van der Waals surface area contributed by atoms with Crippen molar-refractivity contribution < 1.29 is 9.21 Å². The molecule has 1 amide bonds. The summed E-state index contributed by atoms with van der Waals surface area (Å²) in [7, 11) is 1.91. The molecule has 0 bridgehead atoms. The van der Waals surface area contributed by atoms with Crippen LogP contribution in [0.3, 0.4) is 0 Å². The number of carbonyl (C=O) groups is 1. The lowest BCUT2D eigenvalue weighted by atomic mass is 10.1. The minimum absolute atomic E-state index is 0.258. The summed E-state index contributed by atoms with van der Waals surface area (Å²) < 4.78 is 7.61. The molecule has 0 spiro atoms. The van der Waals surface area contributed by atoms with Gasteiger partial charge in [0.25, 0.3) is 5.91 Å². The molecular formula is C20H21N5O2S. The van der Waals surface area contributed by atoms with Crippen molar-refractivity contribution >= 4 is 23.9 Å². The molecule has 1 aromatic carbocycles. The lowest BCUT2D eigenvalue weighted by molar-refractivity contribution is 0.0955. The van der Waals surface area contributed by atoms with E-state index < -0.39 is 0 Å². The molecule has 144 valence electrons. The first kappa shape index (κ1) is 18.5. The highest BCUT2D eigenvalue weighted by Crippen LogP contribution is 2.47. The predicted molar refractivity (Wildman–Crippen MR) is 107 cm³/mol. The first-order valence-electron chi connectivity index (χ1n) is 9.09. The number of nitrogens with zero attached hydrogens (tertiary/aromatic N) is 4. The molecule has 7 nitrogen and oxygen atoms in total. The van der Waals surface area contributed by atoms with Crippen LogP contribution in [-0.4, -0.2) is 26.9 Å². The van der Waals surface area contributed by atoms with Crippen LogP contribution < -0.4 is 5.43 Å². The average Bonchev–Trinajstić information content (AvgIpc) is 3.06. The number of benzene rings is 1. The zero-order valence-electron chi connectivity index (χ0n) is 15.7. The summed E-state index contributed by atoms with van der Waals surface area (Å²) in [6.07, 6.45) is 4.38. The topological polar surface area (TPSA) is 85.3 Å². The Hall–Kier alpha value is -2.87. The van der Waals surface area contributed by atoms with Crippen molar-refractivity contribution in [3.63, 3.8) is 0 Å². The highest BCUT2D eigenvalue weighted by atomic mass is 32.2. The van der Waals surface area contributed by atoms with Crippen LogP contribution in [0.1, 0.15) is 46.7 Å². The summed E-state index contributed by atoms with van der Waals surface area (Å²) in [5, 5.41) is 12.7. The summed E-state index contributed by atoms with van der Waals surface area (Å²) in [6.45, 7) is 2.21. The SMILES string of the molecule is C[C@@H]1C[C@H]1c1ccc(/C=N\NC(=O)c2ccc(CSc3nncn3C)cc2)o1. The van der Waals surface area contributed by atoms with Gasteiger partial charge in [0.15, 0.2) is 5.16 Å². The van der Waals surface area contributed by atoms with Crippen molar-refractivity contribution in [3.05, 3.63) is 65.4 Å². The maximum absolute atomic E-state index is 12.2. The lowest BCUT2D eigenvalue weighted by Crippen LogP contribution is -2.17. The number of hydrogen-bond donors (Lipinski definition) is 1. The van der Waals surface area contributed by atoms with Gasteiger partial charge in [0, 0.05) is 24.3 Å². The molecule has 1 aliphatic carbocycles. The van der Waals surface area contributed by atoms with Gasteiger partial charge in [0.05, 0.1) is 6.21 Å². The second-order valence-corrected chi connectivity index (χ2v) is 7.91. The van der Waals surface area contributed by atoms with Crippen molar-refractivity contribution in [1.82, 2.24) is 20.2 Å². The van der Waals surface area contributed by atoms with Crippen molar-refractivity contribution in [2.75, 3.05) is 0 Å². The molecule has 1 fully saturated rings. The van der Waals surface area contributed by atoms with Crippen molar-refractivity contribution in [2.45, 2.75) is 30.2 Å². The van der Waals surface area contributed by atoms with E-state index in [0.29, 0.717) is 23.2 Å². The van der Waals surface area contributed by atoms with Gasteiger partial charge in [-0.1, -0.05) is 30.8 Å². The standard InChI is InChI=1S/C20H21N5O2S/c1-13-9-17(13)18-8-7-16(27-18)10-21-23-19(26)15-5-3-14(4-6-15)11-28-20-24-22-12-25(20)2/h3-8,10,12-13,17H,9,11H2,1-2H3,(H,23,26)/b21-10-/t13-,17-/m1/s1. The van der Waals surface area contributed by atoms with Crippen molar-refractivity contribution in [3.8, 4) is 0 Å². The Bertz CT molecular complexity index is 992. The molecule has 0 radical (unpaired) electrons. The van der Waals surface area contributed by atoms with Crippen LogP contribution in [0.4, 0.5) is 0 Å². The van der Waals surface area contributed by atoms with Crippen LogP contribution >= 0.6 is 11.8 Å². The second-order valence-electron chi connectivity index (χ2n) is 6.97. The number of furan rings is 1. The number of amides is 1. The van der Waals surface area contributed by atoms with Crippen LogP contribution in [0.25, 0.3) is 0 Å². The largest absolute Gasteiger partial charge is 0.460 e. The number of hydrogen-bond acceptors (Lipinski definition) is 6.